The number of nitrogens with one attached hydrogen (secondary N) is 1. The van der Waals surface area contributed by atoms with E-state index in [1.54, 1.807) is 0 Å². The molecule has 0 saturated heterocycles. The fourth-order valence-electron chi connectivity index (χ4n) is 10.7. The fraction of sp³-hybridized carbons (Fsp3) is 0.0169. The van der Waals surface area contributed by atoms with Gasteiger partial charge >= 0.3 is 0 Å². The van der Waals surface area contributed by atoms with Crippen molar-refractivity contribution in [2.24, 2.45) is 9.98 Å². The van der Waals surface area contributed by atoms with E-state index in [-0.39, 0.29) is 0 Å². The Morgan fingerprint density at radius 1 is 0.439 bits per heavy atom. The summed E-state index contributed by atoms with van der Waals surface area (Å²) in [5, 5.41) is 18.0. The number of rotatable bonds is 3. The second-order valence-corrected chi connectivity index (χ2v) is 18.5. The van der Waals surface area contributed by atoms with Crippen molar-refractivity contribution in [3.05, 3.63) is 211 Å². The number of furan rings is 1. The average molecular weight is 862 g/mol. The molecule has 1 unspecified atom stereocenters. The lowest BCUT2D eigenvalue weighted by Gasteiger charge is -2.25. The Balaban J connectivity index is 1.02. The number of benzene rings is 10. The van der Waals surface area contributed by atoms with Crippen LogP contribution in [0.1, 0.15) is 17.3 Å². The van der Waals surface area contributed by atoms with Crippen LogP contribution >= 0.6 is 11.3 Å². The van der Waals surface area contributed by atoms with Gasteiger partial charge in [0, 0.05) is 58.2 Å². The molecule has 6 nitrogen and oxygen atoms in total. The summed E-state index contributed by atoms with van der Waals surface area (Å²) >= 11 is 1.82. The summed E-state index contributed by atoms with van der Waals surface area (Å²) in [5.41, 5.74) is 8.89. The summed E-state index contributed by atoms with van der Waals surface area (Å²) in [6.45, 7) is 0. The van der Waals surface area contributed by atoms with Crippen molar-refractivity contribution in [2.75, 3.05) is 0 Å². The van der Waals surface area contributed by atoms with E-state index in [9.17, 15) is 0 Å². The van der Waals surface area contributed by atoms with E-state index in [0.29, 0.717) is 11.8 Å². The molecule has 0 amide bonds. The number of nitrogens with zero attached hydrogens (tertiary/aromatic N) is 4. The molecule has 0 bridgehead atoms. The van der Waals surface area contributed by atoms with Gasteiger partial charge in [0.05, 0.1) is 27.6 Å². The van der Waals surface area contributed by atoms with Crippen molar-refractivity contribution >= 4 is 130 Å². The SMILES string of the molecule is c1ccc2cc3c(cc2c1)c1cc2ccccc2cc1n3-c1cc(C2=NC(n3c4ccccc4c4ccccc43)=NC(c3ccc4c(c3)sc3ccccc34)N2)c2oc3ccccc3c2c1. The van der Waals surface area contributed by atoms with Crippen LogP contribution in [0.15, 0.2) is 215 Å². The van der Waals surface area contributed by atoms with Gasteiger partial charge in [-0.2, -0.15) is 4.99 Å². The van der Waals surface area contributed by atoms with Crippen LogP contribution in [-0.4, -0.2) is 20.9 Å². The summed E-state index contributed by atoms with van der Waals surface area (Å²) in [6, 6.07) is 72.1. The monoisotopic (exact) mass is 861 g/mol. The molecule has 5 heterocycles. The standard InChI is InChI=1S/C59H35N5OS/c1-3-15-36-29-51-45(27-34(36)13-1)46-28-35-14-2-4-16-37(35)30-52(46)63(51)39-32-47-42-19-7-11-23-53(42)65-56(47)48(33-39)58-60-57(38-25-26-44-43-20-8-12-24-54(43)66-55(44)31-38)61-59(62-58)64-49-21-9-5-17-40(49)41-18-6-10-22-50(41)64/h1-33,57H,(H,60,61,62). The summed E-state index contributed by atoms with van der Waals surface area (Å²) in [7, 11) is 0. The van der Waals surface area contributed by atoms with Gasteiger partial charge in [0.1, 0.15) is 23.2 Å². The van der Waals surface area contributed by atoms with E-state index >= 15 is 0 Å². The maximum atomic E-state index is 6.92. The number of aromatic nitrogens is 2. The molecule has 1 aliphatic rings. The number of aliphatic imine (C=N–C) groups is 2. The van der Waals surface area contributed by atoms with E-state index < -0.39 is 6.17 Å². The minimum atomic E-state index is -0.462. The van der Waals surface area contributed by atoms with Gasteiger partial charge < -0.3 is 14.3 Å². The van der Waals surface area contributed by atoms with Gasteiger partial charge in [0.2, 0.25) is 5.96 Å². The van der Waals surface area contributed by atoms with E-state index in [0.717, 1.165) is 71.6 Å². The first kappa shape index (κ1) is 35.9. The van der Waals surface area contributed by atoms with Crippen LogP contribution in [0.25, 0.3) is 113 Å². The van der Waals surface area contributed by atoms with Crippen LogP contribution in [0.2, 0.25) is 0 Å². The first-order valence-corrected chi connectivity index (χ1v) is 23.1. The lowest BCUT2D eigenvalue weighted by Crippen LogP contribution is -2.35. The van der Waals surface area contributed by atoms with Crippen LogP contribution in [0.3, 0.4) is 0 Å². The molecule has 14 aromatic rings. The zero-order valence-electron chi connectivity index (χ0n) is 35.2. The van der Waals surface area contributed by atoms with Crippen LogP contribution in [0.4, 0.5) is 0 Å². The minimum absolute atomic E-state index is 0.462. The van der Waals surface area contributed by atoms with E-state index in [1.807, 2.05) is 17.4 Å². The van der Waals surface area contributed by atoms with Gasteiger partial charge in [-0.1, -0.05) is 133 Å². The van der Waals surface area contributed by atoms with Crippen molar-refractivity contribution in [2.45, 2.75) is 6.17 Å². The van der Waals surface area contributed by atoms with Crippen LogP contribution in [0.5, 0.6) is 0 Å². The maximum absolute atomic E-state index is 6.92. The van der Waals surface area contributed by atoms with Crippen LogP contribution < -0.4 is 5.32 Å². The first-order chi connectivity index (χ1) is 32.7. The zero-order valence-corrected chi connectivity index (χ0v) is 36.1. The predicted molar refractivity (Wildman–Crippen MR) is 277 cm³/mol. The minimum Gasteiger partial charge on any atom is -0.455 e. The number of para-hydroxylation sites is 3. The summed E-state index contributed by atoms with van der Waals surface area (Å²) in [6.07, 6.45) is -0.462. The highest BCUT2D eigenvalue weighted by atomic mass is 32.1. The lowest BCUT2D eigenvalue weighted by molar-refractivity contribution is 0.657. The van der Waals surface area contributed by atoms with E-state index in [4.69, 9.17) is 14.4 Å². The maximum Gasteiger partial charge on any atom is 0.234 e. The molecule has 7 heteroatoms. The second-order valence-electron chi connectivity index (χ2n) is 17.4. The van der Waals surface area contributed by atoms with Gasteiger partial charge in [-0.3, -0.25) is 4.57 Å². The molecule has 0 aliphatic carbocycles. The van der Waals surface area contributed by atoms with Gasteiger partial charge in [0.25, 0.3) is 0 Å². The molecule has 1 aliphatic heterocycles. The molecule has 4 aromatic heterocycles. The second kappa shape index (κ2) is 13.5. The lowest BCUT2D eigenvalue weighted by atomic mass is 10.0. The molecular weight excluding hydrogens is 827 g/mol. The molecule has 0 saturated carbocycles. The van der Waals surface area contributed by atoms with Crippen molar-refractivity contribution in [1.29, 1.82) is 0 Å². The molecule has 1 atom stereocenters. The summed E-state index contributed by atoms with van der Waals surface area (Å²) in [5.74, 6) is 1.29. The zero-order chi connectivity index (χ0) is 43.0. The largest absolute Gasteiger partial charge is 0.455 e. The third-order valence-corrected chi connectivity index (χ3v) is 14.8. The summed E-state index contributed by atoms with van der Waals surface area (Å²) < 4.78 is 14.1. The topological polar surface area (TPSA) is 59.8 Å². The van der Waals surface area contributed by atoms with Crippen LogP contribution in [0, 0.1) is 0 Å². The van der Waals surface area contributed by atoms with E-state index in [1.165, 1.54) is 52.5 Å². The smallest absolute Gasteiger partial charge is 0.234 e. The Morgan fingerprint density at radius 3 is 1.71 bits per heavy atom. The predicted octanol–water partition coefficient (Wildman–Crippen LogP) is 15.4. The summed E-state index contributed by atoms with van der Waals surface area (Å²) in [4.78, 5) is 11.1. The highest BCUT2D eigenvalue weighted by Gasteiger charge is 2.28. The number of fused-ring (bicyclic) bond motifs is 14. The Hall–Kier alpha value is -8.52. The number of thiophene rings is 1. The van der Waals surface area contributed by atoms with Gasteiger partial charge in [-0.25, -0.2) is 4.99 Å². The quantitative estimate of drug-likeness (QED) is 0.192. The average Bonchev–Trinajstić information content (AvgIpc) is 4.12. The fourth-order valence-corrected chi connectivity index (χ4v) is 11.8. The Bertz CT molecular complexity index is 4320. The van der Waals surface area contributed by atoms with Crippen molar-refractivity contribution < 1.29 is 4.42 Å². The van der Waals surface area contributed by atoms with Gasteiger partial charge in [0.15, 0.2) is 0 Å². The highest BCUT2D eigenvalue weighted by Crippen LogP contribution is 2.42. The molecule has 0 spiro atoms. The number of amidine groups is 1. The third kappa shape index (κ3) is 5.17. The van der Waals surface area contributed by atoms with E-state index in [2.05, 4.69) is 209 Å². The van der Waals surface area contributed by atoms with Crippen molar-refractivity contribution in [3.63, 3.8) is 0 Å². The molecule has 15 rings (SSSR count). The van der Waals surface area contributed by atoms with Crippen molar-refractivity contribution in [1.82, 2.24) is 14.5 Å². The number of hydrogen-bond acceptors (Lipinski definition) is 5. The normalized spacial score (nSPS) is 14.5. The first-order valence-electron chi connectivity index (χ1n) is 22.3. The van der Waals surface area contributed by atoms with Gasteiger partial charge in [-0.15, -0.1) is 11.3 Å². The molecule has 308 valence electrons. The Kier molecular flexibility index (Phi) is 7.34. The van der Waals surface area contributed by atoms with Crippen molar-refractivity contribution in [3.8, 4) is 5.69 Å². The van der Waals surface area contributed by atoms with Gasteiger partial charge in [-0.05, 0) is 93.8 Å². The highest BCUT2D eigenvalue weighted by molar-refractivity contribution is 7.25. The number of hydrogen-bond donors (Lipinski definition) is 1. The molecule has 0 radical (unpaired) electrons. The molecular formula is C59H35N5OS. The molecule has 66 heavy (non-hydrogen) atoms. The Morgan fingerprint density at radius 2 is 1.02 bits per heavy atom. The molecule has 10 aromatic carbocycles. The third-order valence-electron chi connectivity index (χ3n) is 13.7. The molecule has 1 N–H and O–H groups in total. The van der Waals surface area contributed by atoms with Crippen LogP contribution in [-0.2, 0) is 0 Å². The Labute approximate surface area is 380 Å². The molecule has 0 fully saturated rings.